The number of fused-ring (bicyclic) bond motifs is 2. The SMILES string of the molecule is N=CN/C=C\CCC(OC=O)C1CC2CCC1C2. The van der Waals surface area contributed by atoms with Gasteiger partial charge < -0.3 is 10.1 Å². The van der Waals surface area contributed by atoms with Gasteiger partial charge in [0.2, 0.25) is 0 Å². The molecule has 0 amide bonds. The first-order valence-corrected chi connectivity index (χ1v) is 6.84. The van der Waals surface area contributed by atoms with Gasteiger partial charge in [0.1, 0.15) is 6.10 Å². The molecule has 4 unspecified atom stereocenters. The lowest BCUT2D eigenvalue weighted by molar-refractivity contribution is -0.137. The van der Waals surface area contributed by atoms with Gasteiger partial charge in [0.05, 0.1) is 6.34 Å². The molecule has 4 nitrogen and oxygen atoms in total. The second-order valence-electron chi connectivity index (χ2n) is 5.40. The van der Waals surface area contributed by atoms with Crippen LogP contribution in [-0.2, 0) is 9.53 Å². The van der Waals surface area contributed by atoms with E-state index in [1.165, 1.54) is 25.7 Å². The highest BCUT2D eigenvalue weighted by Crippen LogP contribution is 2.50. The van der Waals surface area contributed by atoms with Crippen LogP contribution >= 0.6 is 0 Å². The second kappa shape index (κ2) is 6.57. The van der Waals surface area contributed by atoms with Gasteiger partial charge in [-0.15, -0.1) is 0 Å². The number of carbonyl (C=O) groups excluding carboxylic acids is 1. The highest BCUT2D eigenvalue weighted by molar-refractivity contribution is 5.51. The van der Waals surface area contributed by atoms with Gasteiger partial charge >= 0.3 is 0 Å². The van der Waals surface area contributed by atoms with Gasteiger partial charge in [0.15, 0.2) is 0 Å². The third kappa shape index (κ3) is 3.12. The van der Waals surface area contributed by atoms with Crippen LogP contribution in [0.15, 0.2) is 12.3 Å². The van der Waals surface area contributed by atoms with Crippen LogP contribution in [0.2, 0.25) is 0 Å². The number of allylic oxidation sites excluding steroid dienone is 1. The Kier molecular flexibility index (Phi) is 4.79. The van der Waals surface area contributed by atoms with Crippen molar-refractivity contribution in [2.75, 3.05) is 0 Å². The molecule has 0 heterocycles. The van der Waals surface area contributed by atoms with Crippen LogP contribution < -0.4 is 5.32 Å². The molecule has 0 saturated heterocycles. The molecule has 0 aromatic heterocycles. The van der Waals surface area contributed by atoms with Crippen LogP contribution in [0.4, 0.5) is 0 Å². The topological polar surface area (TPSA) is 62.2 Å². The summed E-state index contributed by atoms with van der Waals surface area (Å²) < 4.78 is 5.31. The lowest BCUT2D eigenvalue weighted by Gasteiger charge is -2.28. The van der Waals surface area contributed by atoms with E-state index in [1.807, 2.05) is 6.08 Å². The lowest BCUT2D eigenvalue weighted by atomic mass is 9.83. The van der Waals surface area contributed by atoms with E-state index in [2.05, 4.69) is 5.32 Å². The second-order valence-corrected chi connectivity index (χ2v) is 5.40. The highest BCUT2D eigenvalue weighted by Gasteiger charge is 2.43. The molecule has 4 heteroatoms. The number of rotatable bonds is 8. The molecular weight excluding hydrogens is 228 g/mol. The predicted molar refractivity (Wildman–Crippen MR) is 70.2 cm³/mol. The molecule has 2 aliphatic carbocycles. The molecule has 4 atom stereocenters. The van der Waals surface area contributed by atoms with Gasteiger partial charge in [0.25, 0.3) is 6.47 Å². The third-order valence-electron chi connectivity index (χ3n) is 4.42. The smallest absolute Gasteiger partial charge is 0.293 e. The van der Waals surface area contributed by atoms with Crippen molar-refractivity contribution in [2.24, 2.45) is 17.8 Å². The summed E-state index contributed by atoms with van der Waals surface area (Å²) >= 11 is 0. The summed E-state index contributed by atoms with van der Waals surface area (Å²) in [5.74, 6) is 2.24. The van der Waals surface area contributed by atoms with Gasteiger partial charge in [-0.25, -0.2) is 0 Å². The molecule has 0 aromatic carbocycles. The third-order valence-corrected chi connectivity index (χ3v) is 4.42. The lowest BCUT2D eigenvalue weighted by Crippen LogP contribution is -2.28. The number of hydrogen-bond donors (Lipinski definition) is 2. The van der Waals surface area contributed by atoms with E-state index in [4.69, 9.17) is 10.1 Å². The molecule has 2 saturated carbocycles. The summed E-state index contributed by atoms with van der Waals surface area (Å²) in [6.45, 7) is 0.607. The maximum Gasteiger partial charge on any atom is 0.293 e. The van der Waals surface area contributed by atoms with Crippen molar-refractivity contribution >= 4 is 12.8 Å². The van der Waals surface area contributed by atoms with Gasteiger partial charge in [0, 0.05) is 0 Å². The Morgan fingerprint density at radius 1 is 1.39 bits per heavy atom. The average Bonchev–Trinajstić information content (AvgIpc) is 2.99. The molecule has 2 bridgehead atoms. The minimum absolute atomic E-state index is 0.0856. The van der Waals surface area contributed by atoms with Crippen LogP contribution in [0, 0.1) is 23.2 Å². The number of ether oxygens (including phenoxy) is 1. The van der Waals surface area contributed by atoms with Crippen molar-refractivity contribution in [2.45, 2.75) is 44.6 Å². The standard InChI is InChI=1S/C14H22N2O2/c15-9-16-6-2-1-3-14(18-10-17)13-8-11-4-5-12(13)7-11/h2,6,9-14H,1,3-5,7-8H2,(H2,15,16)/b6-2-. The summed E-state index contributed by atoms with van der Waals surface area (Å²) in [6, 6.07) is 0. The van der Waals surface area contributed by atoms with Crippen molar-refractivity contribution in [1.29, 1.82) is 5.41 Å². The minimum atomic E-state index is 0.0856. The summed E-state index contributed by atoms with van der Waals surface area (Å²) in [5, 5.41) is 9.52. The van der Waals surface area contributed by atoms with Crippen molar-refractivity contribution in [3.63, 3.8) is 0 Å². The van der Waals surface area contributed by atoms with Crippen molar-refractivity contribution in [1.82, 2.24) is 5.32 Å². The first-order chi connectivity index (χ1) is 8.85. The Bertz CT molecular complexity index is 317. The average molecular weight is 250 g/mol. The molecule has 0 aliphatic heterocycles. The quantitative estimate of drug-likeness (QED) is 0.395. The van der Waals surface area contributed by atoms with Crippen molar-refractivity contribution in [3.8, 4) is 0 Å². The maximum atomic E-state index is 10.6. The zero-order valence-corrected chi connectivity index (χ0v) is 10.7. The van der Waals surface area contributed by atoms with Crippen LogP contribution in [0.3, 0.4) is 0 Å². The molecule has 2 N–H and O–H groups in total. The van der Waals surface area contributed by atoms with Gasteiger partial charge in [-0.3, -0.25) is 10.2 Å². The van der Waals surface area contributed by atoms with E-state index in [0.29, 0.717) is 12.4 Å². The fraction of sp³-hybridized carbons (Fsp3) is 0.714. The van der Waals surface area contributed by atoms with E-state index in [9.17, 15) is 4.79 Å². The van der Waals surface area contributed by atoms with Crippen LogP contribution in [0.5, 0.6) is 0 Å². The monoisotopic (exact) mass is 250 g/mol. The van der Waals surface area contributed by atoms with Gasteiger partial charge in [-0.1, -0.05) is 12.5 Å². The largest absolute Gasteiger partial charge is 0.464 e. The Morgan fingerprint density at radius 2 is 2.28 bits per heavy atom. The molecule has 0 aromatic rings. The Morgan fingerprint density at radius 3 is 2.89 bits per heavy atom. The molecule has 100 valence electrons. The molecule has 2 rings (SSSR count). The van der Waals surface area contributed by atoms with E-state index in [-0.39, 0.29) is 6.10 Å². The Hall–Kier alpha value is -1.32. The van der Waals surface area contributed by atoms with Gasteiger partial charge in [-0.05, 0) is 56.1 Å². The first kappa shape index (κ1) is 13.1. The molecule has 0 spiro atoms. The molecule has 0 radical (unpaired) electrons. The van der Waals surface area contributed by atoms with E-state index in [1.54, 1.807) is 6.20 Å². The zero-order chi connectivity index (χ0) is 12.8. The molecule has 2 fully saturated rings. The summed E-state index contributed by atoms with van der Waals surface area (Å²) in [7, 11) is 0. The highest BCUT2D eigenvalue weighted by atomic mass is 16.5. The zero-order valence-electron chi connectivity index (χ0n) is 10.7. The fourth-order valence-electron chi connectivity index (χ4n) is 3.66. The minimum Gasteiger partial charge on any atom is -0.464 e. The summed E-state index contributed by atoms with van der Waals surface area (Å²) in [6.07, 6.45) is 12.0. The van der Waals surface area contributed by atoms with Crippen molar-refractivity contribution < 1.29 is 9.53 Å². The molecule has 18 heavy (non-hydrogen) atoms. The Labute approximate surface area is 108 Å². The first-order valence-electron chi connectivity index (χ1n) is 6.84. The van der Waals surface area contributed by atoms with E-state index < -0.39 is 0 Å². The van der Waals surface area contributed by atoms with Crippen LogP contribution in [0.25, 0.3) is 0 Å². The summed E-state index contributed by atoms with van der Waals surface area (Å²) in [4.78, 5) is 10.6. The predicted octanol–water partition coefficient (Wildman–Crippen LogP) is 2.45. The molecular formula is C14H22N2O2. The van der Waals surface area contributed by atoms with E-state index in [0.717, 1.165) is 31.0 Å². The van der Waals surface area contributed by atoms with E-state index >= 15 is 0 Å². The summed E-state index contributed by atoms with van der Waals surface area (Å²) in [5.41, 5.74) is 0. The fourth-order valence-corrected chi connectivity index (χ4v) is 3.66. The van der Waals surface area contributed by atoms with Crippen molar-refractivity contribution in [3.05, 3.63) is 12.3 Å². The number of carbonyl (C=O) groups is 1. The Balaban J connectivity index is 1.80. The maximum absolute atomic E-state index is 10.6. The molecule has 2 aliphatic rings. The number of hydrogen-bond acceptors (Lipinski definition) is 3. The van der Waals surface area contributed by atoms with Gasteiger partial charge in [-0.2, -0.15) is 0 Å². The van der Waals surface area contributed by atoms with Crippen LogP contribution in [-0.4, -0.2) is 18.9 Å². The number of nitrogens with one attached hydrogen (secondary N) is 2. The van der Waals surface area contributed by atoms with Crippen LogP contribution in [0.1, 0.15) is 38.5 Å². The normalized spacial score (nSPS) is 31.4.